The van der Waals surface area contributed by atoms with Gasteiger partial charge in [-0.25, -0.2) is 0 Å². The second-order valence-electron chi connectivity index (χ2n) is 3.71. The maximum Gasteiger partial charge on any atom is 0.125 e. The van der Waals surface area contributed by atoms with Crippen molar-refractivity contribution >= 4 is 11.5 Å². The van der Waals surface area contributed by atoms with Crippen molar-refractivity contribution in [3.8, 4) is 0 Å². The first kappa shape index (κ1) is 9.89. The topological polar surface area (TPSA) is 68.6 Å². The molecule has 0 saturated heterocycles. The summed E-state index contributed by atoms with van der Waals surface area (Å²) in [6.07, 6.45) is 2.62. The van der Waals surface area contributed by atoms with Crippen LogP contribution in [-0.2, 0) is 6.54 Å². The van der Waals surface area contributed by atoms with Crippen molar-refractivity contribution in [1.82, 2.24) is 9.78 Å². The second-order valence-corrected chi connectivity index (χ2v) is 3.71. The molecule has 0 spiro atoms. The molecule has 15 heavy (non-hydrogen) atoms. The van der Waals surface area contributed by atoms with E-state index in [2.05, 4.69) is 29.1 Å². The zero-order valence-corrected chi connectivity index (χ0v) is 9.01. The molecule has 1 atom stereocenters. The van der Waals surface area contributed by atoms with E-state index < -0.39 is 0 Å². The van der Waals surface area contributed by atoms with Gasteiger partial charge in [-0.3, -0.25) is 4.68 Å². The smallest absolute Gasteiger partial charge is 0.125 e. The van der Waals surface area contributed by atoms with Crippen LogP contribution in [0.4, 0.5) is 0 Å². The third-order valence-electron chi connectivity index (χ3n) is 2.60. The van der Waals surface area contributed by atoms with Crippen LogP contribution in [0.1, 0.15) is 26.0 Å². The zero-order valence-electron chi connectivity index (χ0n) is 9.01. The maximum atomic E-state index is 5.68. The Morgan fingerprint density at radius 3 is 3.00 bits per heavy atom. The van der Waals surface area contributed by atoms with Gasteiger partial charge >= 0.3 is 0 Å². The molecular formula is C10H15N5. The third-order valence-corrected chi connectivity index (χ3v) is 2.60. The average Bonchev–Trinajstić information content (AvgIpc) is 2.70. The molecular weight excluding hydrogens is 190 g/mol. The van der Waals surface area contributed by atoms with Crippen molar-refractivity contribution in [2.45, 2.75) is 26.8 Å². The molecule has 0 aromatic carbocycles. The van der Waals surface area contributed by atoms with E-state index in [0.717, 1.165) is 24.4 Å². The molecule has 0 radical (unpaired) electrons. The van der Waals surface area contributed by atoms with Crippen molar-refractivity contribution in [3.05, 3.63) is 18.0 Å². The monoisotopic (exact) mass is 205 g/mol. The first-order chi connectivity index (χ1) is 7.22. The predicted octanol–water partition coefficient (Wildman–Crippen LogP) is 1.00. The zero-order chi connectivity index (χ0) is 10.8. The summed E-state index contributed by atoms with van der Waals surface area (Å²) < 4.78 is 1.92. The molecule has 1 aliphatic rings. The molecule has 0 amide bonds. The van der Waals surface area contributed by atoms with E-state index in [1.807, 2.05) is 10.7 Å². The number of nitrogens with two attached hydrogens (primary N) is 1. The van der Waals surface area contributed by atoms with Gasteiger partial charge in [-0.05, 0) is 13.0 Å². The summed E-state index contributed by atoms with van der Waals surface area (Å²) >= 11 is 0. The molecule has 0 aliphatic carbocycles. The first-order valence-electron chi connectivity index (χ1n) is 5.14. The molecule has 1 aromatic heterocycles. The van der Waals surface area contributed by atoms with Gasteiger partial charge in [0.15, 0.2) is 0 Å². The normalized spacial score (nSPS) is 21.1. The lowest BCUT2D eigenvalue weighted by Crippen LogP contribution is -2.27. The van der Waals surface area contributed by atoms with Crippen LogP contribution in [0.25, 0.3) is 0 Å². The predicted molar refractivity (Wildman–Crippen MR) is 59.8 cm³/mol. The maximum absolute atomic E-state index is 5.68. The molecule has 5 nitrogen and oxygen atoms in total. The number of hydrogen-bond acceptors (Lipinski definition) is 4. The molecule has 1 aliphatic heterocycles. The number of rotatable bonds is 2. The molecule has 0 fully saturated rings. The Labute approximate surface area is 88.7 Å². The lowest BCUT2D eigenvalue weighted by Gasteiger charge is -2.16. The molecule has 80 valence electrons. The van der Waals surface area contributed by atoms with Crippen LogP contribution in [0, 0.1) is 5.92 Å². The summed E-state index contributed by atoms with van der Waals surface area (Å²) in [4.78, 5) is 0. The third kappa shape index (κ3) is 1.77. The fourth-order valence-corrected chi connectivity index (χ4v) is 1.64. The van der Waals surface area contributed by atoms with E-state index in [1.54, 1.807) is 6.20 Å². The van der Waals surface area contributed by atoms with Gasteiger partial charge in [0, 0.05) is 25.1 Å². The van der Waals surface area contributed by atoms with Crippen LogP contribution in [0.5, 0.6) is 0 Å². The molecule has 5 heteroatoms. The minimum absolute atomic E-state index is 0.262. The summed E-state index contributed by atoms with van der Waals surface area (Å²) in [7, 11) is 0. The number of amidine groups is 1. The van der Waals surface area contributed by atoms with Gasteiger partial charge in [-0.2, -0.15) is 10.2 Å². The van der Waals surface area contributed by atoms with Gasteiger partial charge in [-0.1, -0.05) is 6.92 Å². The second kappa shape index (κ2) is 3.84. The molecule has 2 heterocycles. The van der Waals surface area contributed by atoms with Crippen LogP contribution in [0.2, 0.25) is 0 Å². The number of aryl methyl sites for hydroxylation is 1. The lowest BCUT2D eigenvalue weighted by atomic mass is 10.0. The molecule has 2 N–H and O–H groups in total. The minimum atomic E-state index is 0.262. The summed E-state index contributed by atoms with van der Waals surface area (Å²) in [5.41, 5.74) is 7.70. The van der Waals surface area contributed by atoms with Crippen molar-refractivity contribution in [3.63, 3.8) is 0 Å². The Bertz CT molecular complexity index is 415. The summed E-state index contributed by atoms with van der Waals surface area (Å²) in [5, 5.41) is 12.3. The number of aromatic nitrogens is 2. The Morgan fingerprint density at radius 2 is 2.33 bits per heavy atom. The highest BCUT2D eigenvalue weighted by molar-refractivity contribution is 6.03. The van der Waals surface area contributed by atoms with Crippen LogP contribution in [0.3, 0.4) is 0 Å². The van der Waals surface area contributed by atoms with Crippen LogP contribution < -0.4 is 5.73 Å². The van der Waals surface area contributed by atoms with E-state index in [4.69, 9.17) is 5.73 Å². The largest absolute Gasteiger partial charge is 0.385 e. The van der Waals surface area contributed by atoms with Gasteiger partial charge in [0.2, 0.25) is 0 Å². The van der Waals surface area contributed by atoms with Crippen molar-refractivity contribution in [2.75, 3.05) is 0 Å². The van der Waals surface area contributed by atoms with Crippen LogP contribution in [0.15, 0.2) is 22.5 Å². The van der Waals surface area contributed by atoms with Gasteiger partial charge in [0.25, 0.3) is 0 Å². The Kier molecular flexibility index (Phi) is 2.53. The first-order valence-corrected chi connectivity index (χ1v) is 5.14. The molecule has 0 saturated carbocycles. The summed E-state index contributed by atoms with van der Waals surface area (Å²) in [6, 6.07) is 1.96. The number of nitrogens with zero attached hydrogens (tertiary/aromatic N) is 4. The molecule has 1 aromatic rings. The molecule has 0 bridgehead atoms. The fourth-order valence-electron chi connectivity index (χ4n) is 1.64. The van der Waals surface area contributed by atoms with E-state index in [0.29, 0.717) is 5.84 Å². The molecule has 2 rings (SSSR count). The van der Waals surface area contributed by atoms with Crippen molar-refractivity contribution in [2.24, 2.45) is 21.9 Å². The highest BCUT2D eigenvalue weighted by Crippen LogP contribution is 2.15. The quantitative estimate of drug-likeness (QED) is 0.782. The number of hydrogen-bond donors (Lipinski definition) is 1. The highest BCUT2D eigenvalue weighted by atomic mass is 15.3. The standard InChI is InChI=1S/C10H15N5/c1-3-15-9(4-5-12-15)8-6-7(2)10(11)14-13-8/h4-5,7H,3,6H2,1-2H3,(H2,11,14). The lowest BCUT2D eigenvalue weighted by molar-refractivity contribution is 0.648. The van der Waals surface area contributed by atoms with Gasteiger partial charge in [0.05, 0.1) is 11.4 Å². The van der Waals surface area contributed by atoms with E-state index in [1.165, 1.54) is 0 Å². The van der Waals surface area contributed by atoms with E-state index >= 15 is 0 Å². The van der Waals surface area contributed by atoms with Crippen LogP contribution >= 0.6 is 0 Å². The Hall–Kier alpha value is -1.65. The van der Waals surface area contributed by atoms with Crippen molar-refractivity contribution < 1.29 is 0 Å². The van der Waals surface area contributed by atoms with Gasteiger partial charge < -0.3 is 5.73 Å². The van der Waals surface area contributed by atoms with Crippen molar-refractivity contribution in [1.29, 1.82) is 0 Å². The van der Waals surface area contributed by atoms with E-state index in [-0.39, 0.29) is 5.92 Å². The Morgan fingerprint density at radius 1 is 1.53 bits per heavy atom. The van der Waals surface area contributed by atoms with Gasteiger partial charge in [0.1, 0.15) is 5.84 Å². The highest BCUT2D eigenvalue weighted by Gasteiger charge is 2.19. The summed E-state index contributed by atoms with van der Waals surface area (Å²) in [6.45, 7) is 4.95. The van der Waals surface area contributed by atoms with E-state index in [9.17, 15) is 0 Å². The Balaban J connectivity index is 2.33. The van der Waals surface area contributed by atoms with Crippen LogP contribution in [-0.4, -0.2) is 21.3 Å². The van der Waals surface area contributed by atoms with Gasteiger partial charge in [-0.15, -0.1) is 5.10 Å². The SMILES string of the molecule is CCn1nccc1C1=NN=C(N)C(C)C1. The summed E-state index contributed by atoms with van der Waals surface area (Å²) in [5.74, 6) is 0.874. The fraction of sp³-hybridized carbons (Fsp3) is 0.500. The minimum Gasteiger partial charge on any atom is -0.385 e. The average molecular weight is 205 g/mol. The molecule has 1 unspecified atom stereocenters.